The van der Waals surface area contributed by atoms with Crippen molar-refractivity contribution in [2.45, 2.75) is 58.5 Å². The fourth-order valence-corrected chi connectivity index (χ4v) is 4.94. The van der Waals surface area contributed by atoms with Crippen LogP contribution in [0.25, 0.3) is 0 Å². The predicted octanol–water partition coefficient (Wildman–Crippen LogP) is 4.62. The second-order valence-electron chi connectivity index (χ2n) is 9.40. The molecule has 170 valence electrons. The number of Topliss-reactive ketones (excluding diaryl/α,β-unsaturated/α-hetero) is 3. The molecule has 4 heteroatoms. The molecule has 2 aliphatic rings. The molecule has 0 heterocycles. The van der Waals surface area contributed by atoms with E-state index >= 15 is 0 Å². The Kier molecular flexibility index (Phi) is 8.52. The summed E-state index contributed by atoms with van der Waals surface area (Å²) in [6, 6.07) is 20.2. The van der Waals surface area contributed by atoms with Gasteiger partial charge in [-0.2, -0.15) is 0 Å². The Morgan fingerprint density at radius 3 is 1.78 bits per heavy atom. The topological polar surface area (TPSA) is 71.4 Å². The van der Waals surface area contributed by atoms with Crippen LogP contribution in [0.1, 0.15) is 50.7 Å². The lowest BCUT2D eigenvalue weighted by molar-refractivity contribution is -0.124. The van der Waals surface area contributed by atoms with E-state index in [1.54, 1.807) is 13.8 Å². The Morgan fingerprint density at radius 1 is 0.781 bits per heavy atom. The monoisotopic (exact) mass is 434 g/mol. The Labute approximate surface area is 191 Å². The van der Waals surface area contributed by atoms with Crippen molar-refractivity contribution in [3.8, 4) is 0 Å². The molecule has 2 aromatic rings. The van der Waals surface area contributed by atoms with Crippen molar-refractivity contribution in [3.05, 3.63) is 71.8 Å². The molecule has 0 bridgehead atoms. The first-order valence-electron chi connectivity index (χ1n) is 11.6. The minimum atomic E-state index is -0.311. The van der Waals surface area contributed by atoms with Gasteiger partial charge in [-0.15, -0.1) is 0 Å². The fraction of sp³-hybridized carbons (Fsp3) is 0.464. The molecule has 4 rings (SSSR count). The molecular formula is C28H34O4. The van der Waals surface area contributed by atoms with Gasteiger partial charge in [0.25, 0.3) is 0 Å². The zero-order valence-corrected chi connectivity index (χ0v) is 19.1. The van der Waals surface area contributed by atoms with Crippen molar-refractivity contribution in [2.75, 3.05) is 0 Å². The Balaban J connectivity index is 0.000000181. The first kappa shape index (κ1) is 24.1. The van der Waals surface area contributed by atoms with Crippen molar-refractivity contribution < 1.29 is 19.5 Å². The van der Waals surface area contributed by atoms with Crippen LogP contribution >= 0.6 is 0 Å². The van der Waals surface area contributed by atoms with E-state index in [1.807, 2.05) is 48.5 Å². The summed E-state index contributed by atoms with van der Waals surface area (Å²) in [5.74, 6) is 0.972. The minimum absolute atomic E-state index is 0.0267. The maximum atomic E-state index is 11.7. The van der Waals surface area contributed by atoms with E-state index in [-0.39, 0.29) is 47.1 Å². The van der Waals surface area contributed by atoms with Gasteiger partial charge in [-0.05, 0) is 63.0 Å². The molecule has 0 saturated heterocycles. The van der Waals surface area contributed by atoms with Crippen LogP contribution in [0.15, 0.2) is 60.7 Å². The lowest BCUT2D eigenvalue weighted by atomic mass is 9.95. The van der Waals surface area contributed by atoms with Crippen LogP contribution in [0.3, 0.4) is 0 Å². The molecule has 1 N–H and O–H groups in total. The normalized spacial score (nSPS) is 27.0. The largest absolute Gasteiger partial charge is 0.393 e. The Hall–Kier alpha value is -2.59. The van der Waals surface area contributed by atoms with Crippen molar-refractivity contribution in [3.63, 3.8) is 0 Å². The zero-order chi connectivity index (χ0) is 23.1. The summed E-state index contributed by atoms with van der Waals surface area (Å²) in [4.78, 5) is 34.3. The van der Waals surface area contributed by atoms with E-state index in [0.717, 1.165) is 25.7 Å². The van der Waals surface area contributed by atoms with Crippen molar-refractivity contribution in [2.24, 2.45) is 23.7 Å². The molecule has 32 heavy (non-hydrogen) atoms. The lowest BCUT2D eigenvalue weighted by Gasteiger charge is -2.13. The third kappa shape index (κ3) is 6.70. The highest BCUT2D eigenvalue weighted by Crippen LogP contribution is 2.34. The van der Waals surface area contributed by atoms with E-state index in [1.165, 1.54) is 11.1 Å². The molecule has 5 atom stereocenters. The Bertz CT molecular complexity index is 906. The van der Waals surface area contributed by atoms with Crippen molar-refractivity contribution >= 4 is 17.3 Å². The van der Waals surface area contributed by atoms with E-state index in [4.69, 9.17) is 0 Å². The highest BCUT2D eigenvalue weighted by atomic mass is 16.3. The Morgan fingerprint density at radius 2 is 1.31 bits per heavy atom. The molecular weight excluding hydrogens is 400 g/mol. The van der Waals surface area contributed by atoms with Crippen LogP contribution in [0.2, 0.25) is 0 Å². The number of hydrogen-bond acceptors (Lipinski definition) is 4. The van der Waals surface area contributed by atoms with Gasteiger partial charge in [0.15, 0.2) is 0 Å². The van der Waals surface area contributed by atoms with Gasteiger partial charge >= 0.3 is 0 Å². The maximum Gasteiger partial charge on any atom is 0.137 e. The fourth-order valence-electron chi connectivity index (χ4n) is 4.94. The number of aliphatic hydroxyl groups excluding tert-OH is 1. The van der Waals surface area contributed by atoms with Gasteiger partial charge in [-0.1, -0.05) is 60.7 Å². The summed E-state index contributed by atoms with van der Waals surface area (Å²) >= 11 is 0. The molecule has 2 aliphatic carbocycles. The average Bonchev–Trinajstić information content (AvgIpc) is 3.33. The second kappa shape index (κ2) is 11.3. The van der Waals surface area contributed by atoms with E-state index in [2.05, 4.69) is 12.1 Å². The number of rotatable bonds is 6. The highest BCUT2D eigenvalue weighted by molar-refractivity contribution is 5.91. The van der Waals surface area contributed by atoms with Gasteiger partial charge in [-0.3, -0.25) is 14.4 Å². The molecule has 0 radical (unpaired) electrons. The minimum Gasteiger partial charge on any atom is -0.393 e. The highest BCUT2D eigenvalue weighted by Gasteiger charge is 2.35. The first-order valence-corrected chi connectivity index (χ1v) is 11.6. The van der Waals surface area contributed by atoms with Gasteiger partial charge in [0.2, 0.25) is 0 Å². The van der Waals surface area contributed by atoms with Crippen LogP contribution in [0.5, 0.6) is 0 Å². The van der Waals surface area contributed by atoms with Gasteiger partial charge in [0.1, 0.15) is 17.3 Å². The molecule has 4 nitrogen and oxygen atoms in total. The lowest BCUT2D eigenvalue weighted by Crippen LogP contribution is -2.15. The average molecular weight is 435 g/mol. The van der Waals surface area contributed by atoms with Crippen LogP contribution in [0.4, 0.5) is 0 Å². The number of aliphatic hydroxyl groups is 1. The van der Waals surface area contributed by atoms with Crippen LogP contribution in [-0.4, -0.2) is 28.6 Å². The SMILES string of the molecule is CC(=O)[C@@H]1CC(=O)[C@@H](Cc2ccccc2)C1.CC(=O)[C@@H]1CC(O)[C@@H](Cc2ccccc2)C1. The molecule has 0 aromatic heterocycles. The van der Waals surface area contributed by atoms with Gasteiger partial charge < -0.3 is 5.11 Å². The molecule has 0 aliphatic heterocycles. The summed E-state index contributed by atoms with van der Waals surface area (Å²) in [6.45, 7) is 3.21. The van der Waals surface area contributed by atoms with Crippen molar-refractivity contribution in [1.29, 1.82) is 0 Å². The van der Waals surface area contributed by atoms with Gasteiger partial charge in [0, 0.05) is 24.2 Å². The molecule has 0 amide bonds. The summed E-state index contributed by atoms with van der Waals surface area (Å²) in [5, 5.41) is 9.92. The summed E-state index contributed by atoms with van der Waals surface area (Å²) in [5.41, 5.74) is 2.43. The standard InChI is InChI=1S/C14H18O2.C14H16O2/c2*1-10(15)12-8-13(14(16)9-12)7-11-5-3-2-4-6-11/h2-6,12-14,16H,7-9H2,1H3;2-6,12-13H,7-9H2,1H3/t12-,13-,14?;12-,13-/m00/s1. The number of carbonyl (C=O) groups is 3. The van der Waals surface area contributed by atoms with E-state index < -0.39 is 0 Å². The van der Waals surface area contributed by atoms with Crippen molar-refractivity contribution in [1.82, 2.24) is 0 Å². The quantitative estimate of drug-likeness (QED) is 0.720. The van der Waals surface area contributed by atoms with Crippen LogP contribution in [-0.2, 0) is 27.2 Å². The predicted molar refractivity (Wildman–Crippen MR) is 125 cm³/mol. The molecule has 2 fully saturated rings. The number of ketones is 3. The molecule has 2 aromatic carbocycles. The first-order chi connectivity index (χ1) is 15.3. The number of benzene rings is 2. The van der Waals surface area contributed by atoms with Crippen LogP contribution < -0.4 is 0 Å². The van der Waals surface area contributed by atoms with E-state index in [0.29, 0.717) is 12.8 Å². The summed E-state index contributed by atoms with van der Waals surface area (Å²) < 4.78 is 0. The second-order valence-corrected chi connectivity index (χ2v) is 9.40. The number of hydrogen-bond donors (Lipinski definition) is 1. The van der Waals surface area contributed by atoms with Gasteiger partial charge in [0.05, 0.1) is 6.10 Å². The molecule has 0 spiro atoms. The third-order valence-electron chi connectivity index (χ3n) is 6.94. The molecule has 2 saturated carbocycles. The maximum absolute atomic E-state index is 11.7. The summed E-state index contributed by atoms with van der Waals surface area (Å²) in [7, 11) is 0. The number of carbonyl (C=O) groups excluding carboxylic acids is 3. The van der Waals surface area contributed by atoms with Crippen LogP contribution in [0, 0.1) is 23.7 Å². The smallest absolute Gasteiger partial charge is 0.137 e. The zero-order valence-electron chi connectivity index (χ0n) is 19.1. The molecule has 1 unspecified atom stereocenters. The van der Waals surface area contributed by atoms with E-state index in [9.17, 15) is 19.5 Å². The van der Waals surface area contributed by atoms with Gasteiger partial charge in [-0.25, -0.2) is 0 Å². The summed E-state index contributed by atoms with van der Waals surface area (Å²) in [6.07, 6.45) is 4.03. The third-order valence-corrected chi connectivity index (χ3v) is 6.94.